The molecule has 0 saturated carbocycles. The molecule has 0 radical (unpaired) electrons. The molecule has 2 aromatic carbocycles. The van der Waals surface area contributed by atoms with Crippen LogP contribution in [0.15, 0.2) is 36.4 Å². The molecule has 0 amide bonds. The summed E-state index contributed by atoms with van der Waals surface area (Å²) in [6.07, 6.45) is 0. The molecule has 1 atom stereocenters. The van der Waals surface area contributed by atoms with E-state index in [1.54, 1.807) is 18.2 Å². The van der Waals surface area contributed by atoms with E-state index in [1.165, 1.54) is 12.1 Å². The molecule has 0 spiro atoms. The van der Waals surface area contributed by atoms with E-state index in [4.69, 9.17) is 23.2 Å². The second-order valence-corrected chi connectivity index (χ2v) is 5.35. The van der Waals surface area contributed by atoms with E-state index >= 15 is 0 Å². The molecular formula is C15H13Cl2F2N. The Bertz CT molecular complexity index is 617. The maximum atomic E-state index is 13.5. The minimum Gasteiger partial charge on any atom is -0.306 e. The molecule has 0 aromatic heterocycles. The van der Waals surface area contributed by atoms with Gasteiger partial charge in [-0.2, -0.15) is 0 Å². The lowest BCUT2D eigenvalue weighted by molar-refractivity contribution is 0.534. The summed E-state index contributed by atoms with van der Waals surface area (Å²) < 4.78 is 26.3. The average Bonchev–Trinajstić information content (AvgIpc) is 2.40. The first kappa shape index (κ1) is 15.2. The summed E-state index contributed by atoms with van der Waals surface area (Å²) in [4.78, 5) is 0. The van der Waals surface area contributed by atoms with Crippen molar-refractivity contribution in [1.82, 2.24) is 5.32 Å². The topological polar surface area (TPSA) is 12.0 Å². The molecule has 1 unspecified atom stereocenters. The van der Waals surface area contributed by atoms with Gasteiger partial charge < -0.3 is 5.32 Å². The molecule has 106 valence electrons. The molecule has 0 aliphatic carbocycles. The normalized spacial score (nSPS) is 12.4. The minimum atomic E-state index is -0.586. The van der Waals surface area contributed by atoms with Crippen LogP contribution < -0.4 is 5.32 Å². The molecule has 0 aliphatic rings. The monoisotopic (exact) mass is 315 g/mol. The van der Waals surface area contributed by atoms with Crippen LogP contribution in [0.25, 0.3) is 0 Å². The second kappa shape index (κ2) is 6.53. The molecule has 0 heterocycles. The van der Waals surface area contributed by atoms with Crippen molar-refractivity contribution in [2.24, 2.45) is 0 Å². The van der Waals surface area contributed by atoms with Crippen molar-refractivity contribution in [3.63, 3.8) is 0 Å². The quantitative estimate of drug-likeness (QED) is 0.825. The summed E-state index contributed by atoms with van der Waals surface area (Å²) in [5, 5.41) is 4.32. The number of halogens is 4. The van der Waals surface area contributed by atoms with Crippen LogP contribution in [0, 0.1) is 11.6 Å². The first-order valence-corrected chi connectivity index (χ1v) is 6.85. The molecule has 0 bridgehead atoms. The number of hydrogen-bond donors (Lipinski definition) is 1. The zero-order chi connectivity index (χ0) is 14.7. The van der Waals surface area contributed by atoms with E-state index in [9.17, 15) is 8.78 Å². The Labute approximate surface area is 126 Å². The molecule has 1 nitrogen and oxygen atoms in total. The number of nitrogens with one attached hydrogen (secondary N) is 1. The first-order chi connectivity index (χ1) is 9.47. The van der Waals surface area contributed by atoms with Crippen LogP contribution in [0.2, 0.25) is 10.0 Å². The SMILES string of the molecule is CC(NCc1ccc(F)cc1F)c1cc(Cl)ccc1Cl. The van der Waals surface area contributed by atoms with Crippen molar-refractivity contribution in [3.05, 3.63) is 69.2 Å². The summed E-state index contributed by atoms with van der Waals surface area (Å²) in [6, 6.07) is 8.61. The predicted octanol–water partition coefficient (Wildman–Crippen LogP) is 5.12. The number of rotatable bonds is 4. The zero-order valence-corrected chi connectivity index (χ0v) is 12.3. The van der Waals surface area contributed by atoms with Gasteiger partial charge >= 0.3 is 0 Å². The molecule has 0 fully saturated rings. The van der Waals surface area contributed by atoms with Crippen LogP contribution in [-0.4, -0.2) is 0 Å². The van der Waals surface area contributed by atoms with Crippen LogP contribution in [-0.2, 0) is 6.54 Å². The maximum absolute atomic E-state index is 13.5. The molecule has 2 aromatic rings. The summed E-state index contributed by atoms with van der Waals surface area (Å²) >= 11 is 12.0. The molecule has 0 aliphatic heterocycles. The van der Waals surface area contributed by atoms with E-state index in [1.807, 2.05) is 6.92 Å². The highest BCUT2D eigenvalue weighted by molar-refractivity contribution is 6.33. The van der Waals surface area contributed by atoms with Gasteiger partial charge in [0.1, 0.15) is 11.6 Å². The minimum absolute atomic E-state index is 0.106. The van der Waals surface area contributed by atoms with Crippen molar-refractivity contribution < 1.29 is 8.78 Å². The fourth-order valence-corrected chi connectivity index (χ4v) is 2.35. The van der Waals surface area contributed by atoms with Crippen molar-refractivity contribution in [2.75, 3.05) is 0 Å². The van der Waals surface area contributed by atoms with E-state index in [0.29, 0.717) is 15.6 Å². The first-order valence-electron chi connectivity index (χ1n) is 6.09. The highest BCUT2D eigenvalue weighted by atomic mass is 35.5. The van der Waals surface area contributed by atoms with E-state index in [0.717, 1.165) is 11.6 Å². The van der Waals surface area contributed by atoms with Gasteiger partial charge in [-0.3, -0.25) is 0 Å². The smallest absolute Gasteiger partial charge is 0.130 e. The fraction of sp³-hybridized carbons (Fsp3) is 0.200. The molecule has 1 N–H and O–H groups in total. The van der Waals surface area contributed by atoms with Crippen LogP contribution in [0.4, 0.5) is 8.78 Å². The highest BCUT2D eigenvalue weighted by Crippen LogP contribution is 2.26. The van der Waals surface area contributed by atoms with Crippen LogP contribution in [0.5, 0.6) is 0 Å². The standard InChI is InChI=1S/C15H13Cl2F2N/c1-9(13-6-11(16)3-5-14(13)17)20-8-10-2-4-12(18)7-15(10)19/h2-7,9,20H,8H2,1H3. The maximum Gasteiger partial charge on any atom is 0.130 e. The third-order valence-electron chi connectivity index (χ3n) is 3.04. The van der Waals surface area contributed by atoms with E-state index in [-0.39, 0.29) is 12.6 Å². The van der Waals surface area contributed by atoms with Crippen LogP contribution >= 0.6 is 23.2 Å². The Balaban J connectivity index is 2.08. The van der Waals surface area contributed by atoms with Crippen LogP contribution in [0.1, 0.15) is 24.1 Å². The molecule has 5 heteroatoms. The Morgan fingerprint density at radius 1 is 1.10 bits per heavy atom. The lowest BCUT2D eigenvalue weighted by atomic mass is 10.1. The van der Waals surface area contributed by atoms with Gasteiger partial charge in [-0.05, 0) is 36.8 Å². The lowest BCUT2D eigenvalue weighted by Crippen LogP contribution is -2.19. The van der Waals surface area contributed by atoms with Gasteiger partial charge in [-0.25, -0.2) is 8.78 Å². The molecule has 2 rings (SSSR count). The van der Waals surface area contributed by atoms with Crippen molar-refractivity contribution in [1.29, 1.82) is 0 Å². The van der Waals surface area contributed by atoms with E-state index < -0.39 is 11.6 Å². The Hall–Kier alpha value is -1.16. The van der Waals surface area contributed by atoms with Crippen molar-refractivity contribution in [2.45, 2.75) is 19.5 Å². The molecular weight excluding hydrogens is 303 g/mol. The van der Waals surface area contributed by atoms with Gasteiger partial charge in [0.25, 0.3) is 0 Å². The van der Waals surface area contributed by atoms with Crippen molar-refractivity contribution in [3.8, 4) is 0 Å². The summed E-state index contributed by atoms with van der Waals surface area (Å²) in [5.41, 5.74) is 1.23. The lowest BCUT2D eigenvalue weighted by Gasteiger charge is -2.16. The fourth-order valence-electron chi connectivity index (χ4n) is 1.88. The third-order valence-corrected chi connectivity index (χ3v) is 3.62. The summed E-state index contributed by atoms with van der Waals surface area (Å²) in [6.45, 7) is 2.18. The van der Waals surface area contributed by atoms with E-state index in [2.05, 4.69) is 5.32 Å². The molecule has 0 saturated heterocycles. The number of benzene rings is 2. The predicted molar refractivity (Wildman–Crippen MR) is 78.1 cm³/mol. The number of hydrogen-bond acceptors (Lipinski definition) is 1. The van der Waals surface area contributed by atoms with Gasteiger partial charge in [0, 0.05) is 34.3 Å². The zero-order valence-electron chi connectivity index (χ0n) is 10.8. The summed E-state index contributed by atoms with van der Waals surface area (Å²) in [5.74, 6) is -1.15. The van der Waals surface area contributed by atoms with Gasteiger partial charge in [-0.15, -0.1) is 0 Å². The van der Waals surface area contributed by atoms with Gasteiger partial charge in [0.2, 0.25) is 0 Å². The Kier molecular flexibility index (Phi) is 4.97. The second-order valence-electron chi connectivity index (χ2n) is 4.50. The highest BCUT2D eigenvalue weighted by Gasteiger charge is 2.11. The van der Waals surface area contributed by atoms with Crippen LogP contribution in [0.3, 0.4) is 0 Å². The summed E-state index contributed by atoms with van der Waals surface area (Å²) in [7, 11) is 0. The Morgan fingerprint density at radius 2 is 1.85 bits per heavy atom. The van der Waals surface area contributed by atoms with Crippen molar-refractivity contribution >= 4 is 23.2 Å². The Morgan fingerprint density at radius 3 is 2.55 bits per heavy atom. The van der Waals surface area contributed by atoms with Gasteiger partial charge in [-0.1, -0.05) is 29.3 Å². The van der Waals surface area contributed by atoms with Gasteiger partial charge in [0.15, 0.2) is 0 Å². The largest absolute Gasteiger partial charge is 0.306 e. The third kappa shape index (κ3) is 3.69. The molecule has 20 heavy (non-hydrogen) atoms. The van der Waals surface area contributed by atoms with Gasteiger partial charge in [0.05, 0.1) is 0 Å². The average molecular weight is 316 g/mol.